The van der Waals surface area contributed by atoms with Crippen molar-refractivity contribution in [3.8, 4) is 0 Å². The predicted molar refractivity (Wildman–Crippen MR) is 65.4 cm³/mol. The second-order valence-corrected chi connectivity index (χ2v) is 5.02. The second kappa shape index (κ2) is 5.01. The van der Waals surface area contributed by atoms with Crippen molar-refractivity contribution in [1.29, 1.82) is 0 Å². The summed E-state index contributed by atoms with van der Waals surface area (Å²) in [4.78, 5) is 4.65. The van der Waals surface area contributed by atoms with Crippen LogP contribution in [0.4, 0.5) is 4.39 Å². The highest BCUT2D eigenvalue weighted by Gasteiger charge is 2.17. The fourth-order valence-corrected chi connectivity index (χ4v) is 2.95. The summed E-state index contributed by atoms with van der Waals surface area (Å²) in [5.74, 6) is 5.10. The molecule has 0 spiro atoms. The van der Waals surface area contributed by atoms with Crippen LogP contribution in [0.15, 0.2) is 34.4 Å². The Morgan fingerprint density at radius 2 is 2.38 bits per heavy atom. The third kappa shape index (κ3) is 2.30. The maximum atomic E-state index is 13.6. The summed E-state index contributed by atoms with van der Waals surface area (Å²) in [6.07, 6.45) is 2.73. The molecule has 2 rings (SSSR count). The highest BCUT2D eigenvalue weighted by Crippen LogP contribution is 2.30. The molecule has 1 unspecified atom stereocenters. The SMILES string of the molecule is NNC(c1cc(Br)cs1)c1ccncc1F. The summed E-state index contributed by atoms with van der Waals surface area (Å²) >= 11 is 4.87. The molecule has 3 N–H and O–H groups in total. The fourth-order valence-electron chi connectivity index (χ4n) is 1.42. The van der Waals surface area contributed by atoms with E-state index in [4.69, 9.17) is 5.84 Å². The molecular formula is C10H9BrFN3S. The molecule has 3 nitrogen and oxygen atoms in total. The Hall–Kier alpha value is -0.820. The smallest absolute Gasteiger partial charge is 0.146 e. The van der Waals surface area contributed by atoms with Gasteiger partial charge >= 0.3 is 0 Å². The quantitative estimate of drug-likeness (QED) is 0.677. The van der Waals surface area contributed by atoms with Crippen LogP contribution >= 0.6 is 27.3 Å². The van der Waals surface area contributed by atoms with Gasteiger partial charge in [0.2, 0.25) is 0 Å². The number of nitrogens with one attached hydrogen (secondary N) is 1. The number of halogens is 2. The number of thiophene rings is 1. The van der Waals surface area contributed by atoms with Gasteiger partial charge < -0.3 is 0 Å². The molecule has 1 atom stereocenters. The minimum atomic E-state index is -0.366. The van der Waals surface area contributed by atoms with Gasteiger partial charge in [-0.25, -0.2) is 9.82 Å². The number of aromatic nitrogens is 1. The van der Waals surface area contributed by atoms with Gasteiger partial charge in [-0.15, -0.1) is 11.3 Å². The molecule has 0 aliphatic rings. The molecule has 0 saturated carbocycles. The molecule has 0 saturated heterocycles. The summed E-state index contributed by atoms with van der Waals surface area (Å²) in [5.41, 5.74) is 3.10. The van der Waals surface area contributed by atoms with Gasteiger partial charge in [0.25, 0.3) is 0 Å². The number of nitrogens with two attached hydrogens (primary N) is 1. The highest BCUT2D eigenvalue weighted by atomic mass is 79.9. The molecule has 0 amide bonds. The molecule has 2 heterocycles. The van der Waals surface area contributed by atoms with Crippen LogP contribution < -0.4 is 11.3 Å². The number of hydrogen-bond acceptors (Lipinski definition) is 4. The van der Waals surface area contributed by atoms with E-state index in [-0.39, 0.29) is 11.9 Å². The average molecular weight is 302 g/mol. The number of hydrogen-bond donors (Lipinski definition) is 2. The third-order valence-corrected chi connectivity index (χ3v) is 3.91. The first-order valence-corrected chi connectivity index (χ1v) is 6.19. The zero-order valence-electron chi connectivity index (χ0n) is 8.15. The molecule has 0 aromatic carbocycles. The lowest BCUT2D eigenvalue weighted by atomic mass is 10.1. The standard InChI is InChI=1S/C10H9BrFN3S/c11-6-3-9(16-5-6)10(15-13)7-1-2-14-4-8(7)12/h1-5,10,15H,13H2. The fraction of sp³-hybridized carbons (Fsp3) is 0.100. The van der Waals surface area contributed by atoms with E-state index in [1.807, 2.05) is 11.4 Å². The zero-order valence-corrected chi connectivity index (χ0v) is 10.6. The van der Waals surface area contributed by atoms with Crippen LogP contribution in [-0.4, -0.2) is 4.98 Å². The van der Waals surface area contributed by atoms with E-state index < -0.39 is 0 Å². The first-order chi connectivity index (χ1) is 7.72. The van der Waals surface area contributed by atoms with Gasteiger partial charge in [-0.1, -0.05) is 0 Å². The zero-order chi connectivity index (χ0) is 11.5. The van der Waals surface area contributed by atoms with E-state index in [0.29, 0.717) is 5.56 Å². The van der Waals surface area contributed by atoms with Crippen molar-refractivity contribution in [3.63, 3.8) is 0 Å². The molecule has 84 valence electrons. The van der Waals surface area contributed by atoms with E-state index in [1.165, 1.54) is 17.5 Å². The van der Waals surface area contributed by atoms with Crippen molar-refractivity contribution in [3.05, 3.63) is 50.6 Å². The molecular weight excluding hydrogens is 293 g/mol. The number of hydrazine groups is 1. The van der Waals surface area contributed by atoms with Crippen LogP contribution in [0.3, 0.4) is 0 Å². The van der Waals surface area contributed by atoms with Crippen LogP contribution in [0.25, 0.3) is 0 Å². The van der Waals surface area contributed by atoms with Crippen molar-refractivity contribution in [2.75, 3.05) is 0 Å². The summed E-state index contributed by atoms with van der Waals surface area (Å²) in [6.45, 7) is 0. The van der Waals surface area contributed by atoms with Crippen molar-refractivity contribution in [1.82, 2.24) is 10.4 Å². The predicted octanol–water partition coefficient (Wildman–Crippen LogP) is 2.60. The molecule has 6 heteroatoms. The Balaban J connectivity index is 2.40. The van der Waals surface area contributed by atoms with E-state index in [9.17, 15) is 4.39 Å². The van der Waals surface area contributed by atoms with Crippen molar-refractivity contribution in [2.45, 2.75) is 6.04 Å². The third-order valence-electron chi connectivity index (χ3n) is 2.15. The minimum absolute atomic E-state index is 0.348. The molecule has 0 aliphatic heterocycles. The van der Waals surface area contributed by atoms with Crippen molar-refractivity contribution < 1.29 is 4.39 Å². The monoisotopic (exact) mass is 301 g/mol. The lowest BCUT2D eigenvalue weighted by Crippen LogP contribution is -2.28. The molecule has 16 heavy (non-hydrogen) atoms. The van der Waals surface area contributed by atoms with Crippen LogP contribution in [0.2, 0.25) is 0 Å². The molecule has 2 aromatic heterocycles. The Labute approximate surface area is 105 Å². The van der Waals surface area contributed by atoms with Gasteiger partial charge in [0.15, 0.2) is 0 Å². The average Bonchev–Trinajstić information content (AvgIpc) is 2.69. The van der Waals surface area contributed by atoms with Crippen LogP contribution in [0.1, 0.15) is 16.5 Å². The topological polar surface area (TPSA) is 50.9 Å². The first-order valence-electron chi connectivity index (χ1n) is 4.52. The Bertz CT molecular complexity index is 488. The second-order valence-electron chi connectivity index (χ2n) is 3.16. The Kier molecular flexibility index (Phi) is 3.65. The molecule has 0 bridgehead atoms. The molecule has 0 radical (unpaired) electrons. The molecule has 2 aromatic rings. The van der Waals surface area contributed by atoms with Crippen LogP contribution in [-0.2, 0) is 0 Å². The summed E-state index contributed by atoms with van der Waals surface area (Å²) < 4.78 is 14.5. The minimum Gasteiger partial charge on any atom is -0.271 e. The lowest BCUT2D eigenvalue weighted by Gasteiger charge is -2.14. The van der Waals surface area contributed by atoms with Crippen molar-refractivity contribution in [2.24, 2.45) is 5.84 Å². The molecule has 0 fully saturated rings. The summed E-state index contributed by atoms with van der Waals surface area (Å²) in [6, 6.07) is 3.18. The van der Waals surface area contributed by atoms with E-state index in [2.05, 4.69) is 26.3 Å². The number of rotatable bonds is 3. The van der Waals surface area contributed by atoms with Gasteiger partial charge in [0.1, 0.15) is 5.82 Å². The number of pyridine rings is 1. The Morgan fingerprint density at radius 3 is 2.94 bits per heavy atom. The summed E-state index contributed by atoms with van der Waals surface area (Å²) in [5, 5.41) is 1.93. The van der Waals surface area contributed by atoms with Gasteiger partial charge in [-0.2, -0.15) is 0 Å². The maximum absolute atomic E-state index is 13.6. The van der Waals surface area contributed by atoms with Crippen LogP contribution in [0, 0.1) is 5.82 Å². The lowest BCUT2D eigenvalue weighted by molar-refractivity contribution is 0.559. The van der Waals surface area contributed by atoms with Crippen molar-refractivity contribution >= 4 is 27.3 Å². The largest absolute Gasteiger partial charge is 0.271 e. The van der Waals surface area contributed by atoms with Gasteiger partial charge in [-0.05, 0) is 28.1 Å². The Morgan fingerprint density at radius 1 is 1.56 bits per heavy atom. The number of nitrogens with zero attached hydrogens (tertiary/aromatic N) is 1. The molecule has 0 aliphatic carbocycles. The van der Waals surface area contributed by atoms with E-state index in [1.54, 1.807) is 12.3 Å². The summed E-state index contributed by atoms with van der Waals surface area (Å²) in [7, 11) is 0. The van der Waals surface area contributed by atoms with E-state index >= 15 is 0 Å². The highest BCUT2D eigenvalue weighted by molar-refractivity contribution is 9.10. The van der Waals surface area contributed by atoms with E-state index in [0.717, 1.165) is 9.35 Å². The van der Waals surface area contributed by atoms with Gasteiger partial charge in [0, 0.05) is 26.5 Å². The van der Waals surface area contributed by atoms with Gasteiger partial charge in [0.05, 0.1) is 12.2 Å². The normalized spacial score (nSPS) is 12.7. The first kappa shape index (κ1) is 11.7. The van der Waals surface area contributed by atoms with Crippen LogP contribution in [0.5, 0.6) is 0 Å². The van der Waals surface area contributed by atoms with Gasteiger partial charge in [-0.3, -0.25) is 10.8 Å². The maximum Gasteiger partial charge on any atom is 0.146 e.